The maximum atomic E-state index is 13.7. The van der Waals surface area contributed by atoms with E-state index < -0.39 is 17.7 Å². The molecule has 6 heteroatoms. The summed E-state index contributed by atoms with van der Waals surface area (Å²) in [7, 11) is 0. The van der Waals surface area contributed by atoms with Gasteiger partial charge in [0.25, 0.3) is 5.91 Å². The predicted octanol–water partition coefficient (Wildman–Crippen LogP) is 4.41. The molecule has 0 aliphatic carbocycles. The molecule has 0 aliphatic heterocycles. The first-order valence-corrected chi connectivity index (χ1v) is 7.84. The first-order valence-electron chi connectivity index (χ1n) is 7.05. The van der Waals surface area contributed by atoms with Crippen LogP contribution in [0.25, 0.3) is 0 Å². The third kappa shape index (κ3) is 4.63. The summed E-state index contributed by atoms with van der Waals surface area (Å²) in [5, 5.41) is 2.58. The Bertz CT molecular complexity index is 716. The second-order valence-electron chi connectivity index (χ2n) is 4.79. The molecule has 4 nitrogen and oxygen atoms in total. The van der Waals surface area contributed by atoms with Gasteiger partial charge in [-0.1, -0.05) is 22.9 Å². The van der Waals surface area contributed by atoms with Crippen molar-refractivity contribution in [3.8, 4) is 0 Å². The van der Waals surface area contributed by atoms with E-state index >= 15 is 0 Å². The molecule has 23 heavy (non-hydrogen) atoms. The third-order valence-electron chi connectivity index (χ3n) is 2.99. The van der Waals surface area contributed by atoms with Crippen LogP contribution in [0.4, 0.5) is 10.1 Å². The van der Waals surface area contributed by atoms with Gasteiger partial charge in [0.05, 0.1) is 17.7 Å². The maximum absolute atomic E-state index is 13.7. The number of benzene rings is 2. The average molecular weight is 380 g/mol. The van der Waals surface area contributed by atoms with Crippen LogP contribution in [0.15, 0.2) is 46.9 Å². The van der Waals surface area contributed by atoms with Gasteiger partial charge in [0, 0.05) is 10.2 Å². The number of hydrogen-bond acceptors (Lipinski definition) is 3. The Morgan fingerprint density at radius 1 is 1.17 bits per heavy atom. The highest BCUT2D eigenvalue weighted by Gasteiger charge is 2.13. The number of rotatable bonds is 5. The summed E-state index contributed by atoms with van der Waals surface area (Å²) in [5.41, 5.74) is 0.789. The summed E-state index contributed by atoms with van der Waals surface area (Å²) in [5.74, 6) is -1.58. The Kier molecular flexibility index (Phi) is 5.87. The molecule has 0 atom stereocenters. The van der Waals surface area contributed by atoms with E-state index in [1.165, 1.54) is 18.2 Å². The van der Waals surface area contributed by atoms with E-state index in [0.717, 1.165) is 6.42 Å². The molecule has 0 unspecified atom stereocenters. The molecule has 2 rings (SSSR count). The molecule has 0 fully saturated rings. The molecule has 0 saturated heterocycles. The molecule has 1 N–H and O–H groups in total. The van der Waals surface area contributed by atoms with E-state index in [4.69, 9.17) is 4.74 Å². The molecular formula is C17H15BrFNO3. The standard InChI is InChI=1S/C17H15BrFNO3/c1-2-9-23-17(22)11-3-6-13(7-4-11)20-16(21)14-10-12(18)5-8-15(14)19/h3-8,10H,2,9H2,1H3,(H,20,21). The second kappa shape index (κ2) is 7.87. The molecule has 2 aromatic rings. The summed E-state index contributed by atoms with van der Waals surface area (Å²) in [6.07, 6.45) is 0.748. The number of carbonyl (C=O) groups is 2. The number of hydrogen-bond donors (Lipinski definition) is 1. The normalized spacial score (nSPS) is 10.2. The molecule has 2 aromatic carbocycles. The minimum atomic E-state index is -0.606. The SMILES string of the molecule is CCCOC(=O)c1ccc(NC(=O)c2cc(Br)ccc2F)cc1. The smallest absolute Gasteiger partial charge is 0.338 e. The first kappa shape index (κ1) is 17.1. The topological polar surface area (TPSA) is 55.4 Å². The quantitative estimate of drug-likeness (QED) is 0.782. The van der Waals surface area contributed by atoms with Gasteiger partial charge in [-0.3, -0.25) is 4.79 Å². The number of amides is 1. The van der Waals surface area contributed by atoms with Crippen LogP contribution in [0.3, 0.4) is 0 Å². The monoisotopic (exact) mass is 379 g/mol. The Labute approximate surface area is 141 Å². The molecule has 0 aliphatic rings. The van der Waals surface area contributed by atoms with Gasteiger partial charge in [0.15, 0.2) is 0 Å². The van der Waals surface area contributed by atoms with Crippen LogP contribution in [0.5, 0.6) is 0 Å². The van der Waals surface area contributed by atoms with E-state index in [0.29, 0.717) is 22.3 Å². The third-order valence-corrected chi connectivity index (χ3v) is 3.48. The van der Waals surface area contributed by atoms with Crippen molar-refractivity contribution in [1.29, 1.82) is 0 Å². The zero-order chi connectivity index (χ0) is 16.8. The van der Waals surface area contributed by atoms with E-state index in [-0.39, 0.29) is 5.56 Å². The summed E-state index contributed by atoms with van der Waals surface area (Å²) in [6, 6.07) is 10.4. The highest BCUT2D eigenvalue weighted by molar-refractivity contribution is 9.10. The van der Waals surface area contributed by atoms with E-state index in [1.807, 2.05) is 6.92 Å². The Morgan fingerprint density at radius 3 is 2.52 bits per heavy atom. The number of ether oxygens (including phenoxy) is 1. The van der Waals surface area contributed by atoms with Crippen LogP contribution in [0.1, 0.15) is 34.1 Å². The number of nitrogens with one attached hydrogen (secondary N) is 1. The molecule has 0 bridgehead atoms. The van der Waals surface area contributed by atoms with Crippen molar-refractivity contribution in [2.75, 3.05) is 11.9 Å². The number of carbonyl (C=O) groups excluding carboxylic acids is 2. The van der Waals surface area contributed by atoms with Crippen LogP contribution in [0, 0.1) is 5.82 Å². The second-order valence-corrected chi connectivity index (χ2v) is 5.71. The Morgan fingerprint density at radius 2 is 1.87 bits per heavy atom. The van der Waals surface area contributed by atoms with Gasteiger partial charge in [0.1, 0.15) is 5.82 Å². The highest BCUT2D eigenvalue weighted by Crippen LogP contribution is 2.18. The maximum Gasteiger partial charge on any atom is 0.338 e. The summed E-state index contributed by atoms with van der Waals surface area (Å²) in [4.78, 5) is 23.8. The van der Waals surface area contributed by atoms with Gasteiger partial charge in [-0.2, -0.15) is 0 Å². The zero-order valence-corrected chi connectivity index (χ0v) is 14.0. The van der Waals surface area contributed by atoms with Crippen molar-refractivity contribution < 1.29 is 18.7 Å². The Balaban J connectivity index is 2.07. The lowest BCUT2D eigenvalue weighted by molar-refractivity contribution is 0.0505. The van der Waals surface area contributed by atoms with Crippen molar-refractivity contribution in [1.82, 2.24) is 0 Å². The molecule has 0 spiro atoms. The molecule has 0 heterocycles. The number of esters is 1. The van der Waals surface area contributed by atoms with E-state index in [1.54, 1.807) is 24.3 Å². The number of halogens is 2. The van der Waals surface area contributed by atoms with Crippen molar-refractivity contribution >= 4 is 33.5 Å². The molecule has 0 saturated carbocycles. The molecular weight excluding hydrogens is 365 g/mol. The van der Waals surface area contributed by atoms with Crippen molar-refractivity contribution in [2.24, 2.45) is 0 Å². The van der Waals surface area contributed by atoms with Crippen molar-refractivity contribution in [3.05, 3.63) is 63.9 Å². The molecule has 120 valence electrons. The van der Waals surface area contributed by atoms with E-state index in [9.17, 15) is 14.0 Å². The van der Waals surface area contributed by atoms with Gasteiger partial charge < -0.3 is 10.1 Å². The van der Waals surface area contributed by atoms with Crippen molar-refractivity contribution in [3.63, 3.8) is 0 Å². The molecule has 0 radical (unpaired) electrons. The van der Waals surface area contributed by atoms with Gasteiger partial charge in [0.2, 0.25) is 0 Å². The fourth-order valence-corrected chi connectivity index (χ4v) is 2.20. The predicted molar refractivity (Wildman–Crippen MR) is 89.1 cm³/mol. The highest BCUT2D eigenvalue weighted by atomic mass is 79.9. The van der Waals surface area contributed by atoms with Gasteiger partial charge in [-0.15, -0.1) is 0 Å². The van der Waals surface area contributed by atoms with Crippen LogP contribution in [-0.4, -0.2) is 18.5 Å². The van der Waals surface area contributed by atoms with Gasteiger partial charge >= 0.3 is 5.97 Å². The van der Waals surface area contributed by atoms with Gasteiger partial charge in [-0.05, 0) is 48.9 Å². The van der Waals surface area contributed by atoms with Crippen LogP contribution >= 0.6 is 15.9 Å². The summed E-state index contributed by atoms with van der Waals surface area (Å²) in [6.45, 7) is 2.27. The summed E-state index contributed by atoms with van der Waals surface area (Å²) >= 11 is 3.20. The lowest BCUT2D eigenvalue weighted by Crippen LogP contribution is -2.14. The summed E-state index contributed by atoms with van der Waals surface area (Å²) < 4.78 is 19.3. The lowest BCUT2D eigenvalue weighted by atomic mass is 10.1. The number of anilines is 1. The van der Waals surface area contributed by atoms with E-state index in [2.05, 4.69) is 21.2 Å². The Hall–Kier alpha value is -2.21. The molecule has 0 aromatic heterocycles. The fraction of sp³-hybridized carbons (Fsp3) is 0.176. The van der Waals surface area contributed by atoms with Gasteiger partial charge in [-0.25, -0.2) is 9.18 Å². The minimum absolute atomic E-state index is 0.0641. The van der Waals surface area contributed by atoms with Crippen LogP contribution in [0.2, 0.25) is 0 Å². The zero-order valence-electron chi connectivity index (χ0n) is 12.4. The minimum Gasteiger partial charge on any atom is -0.462 e. The lowest BCUT2D eigenvalue weighted by Gasteiger charge is -2.08. The fourth-order valence-electron chi connectivity index (χ4n) is 1.84. The average Bonchev–Trinajstić information content (AvgIpc) is 2.55. The molecule has 1 amide bonds. The van der Waals surface area contributed by atoms with Crippen LogP contribution in [-0.2, 0) is 4.74 Å². The first-order chi connectivity index (χ1) is 11.0. The van der Waals surface area contributed by atoms with Crippen LogP contribution < -0.4 is 5.32 Å². The van der Waals surface area contributed by atoms with Crippen molar-refractivity contribution in [2.45, 2.75) is 13.3 Å². The largest absolute Gasteiger partial charge is 0.462 e.